The van der Waals surface area contributed by atoms with Crippen molar-refractivity contribution in [3.8, 4) is 0 Å². The van der Waals surface area contributed by atoms with Crippen LogP contribution in [-0.2, 0) is 21.8 Å². The van der Waals surface area contributed by atoms with Gasteiger partial charge >= 0.3 is 5.97 Å². The fourth-order valence-electron chi connectivity index (χ4n) is 1.91. The van der Waals surface area contributed by atoms with E-state index in [4.69, 9.17) is 4.74 Å². The minimum Gasteiger partial charge on any atom is -0.462 e. The Bertz CT molecular complexity index is 769. The molecule has 1 heterocycles. The predicted molar refractivity (Wildman–Crippen MR) is 81.2 cm³/mol. The maximum atomic E-state index is 12.7. The molecule has 22 heavy (non-hydrogen) atoms. The zero-order valence-corrected chi connectivity index (χ0v) is 13.4. The summed E-state index contributed by atoms with van der Waals surface area (Å²) in [4.78, 5) is 11.9. The van der Waals surface area contributed by atoms with E-state index in [0.717, 1.165) is 4.31 Å². The van der Waals surface area contributed by atoms with E-state index in [1.165, 1.54) is 17.9 Å². The number of para-hydroxylation sites is 1. The van der Waals surface area contributed by atoms with E-state index in [2.05, 4.69) is 5.10 Å². The summed E-state index contributed by atoms with van der Waals surface area (Å²) in [6.07, 6.45) is 1.34. The second-order valence-corrected chi connectivity index (χ2v) is 6.43. The Morgan fingerprint density at radius 1 is 1.32 bits per heavy atom. The van der Waals surface area contributed by atoms with Crippen molar-refractivity contribution < 1.29 is 17.9 Å². The molecule has 1 aromatic heterocycles. The summed E-state index contributed by atoms with van der Waals surface area (Å²) in [6.45, 7) is 1.81. The van der Waals surface area contributed by atoms with Gasteiger partial charge in [-0.3, -0.25) is 8.99 Å². The van der Waals surface area contributed by atoms with E-state index in [9.17, 15) is 13.2 Å². The third-order valence-electron chi connectivity index (χ3n) is 3.01. The number of benzene rings is 1. The van der Waals surface area contributed by atoms with Crippen LogP contribution in [-0.4, -0.2) is 37.8 Å². The minimum absolute atomic E-state index is 0.0767. The molecule has 0 aliphatic rings. The number of rotatable bonds is 5. The number of ether oxygens (including phenoxy) is 1. The van der Waals surface area contributed by atoms with E-state index in [1.54, 1.807) is 44.3 Å². The molecule has 0 fully saturated rings. The van der Waals surface area contributed by atoms with Gasteiger partial charge in [-0.15, -0.1) is 0 Å². The van der Waals surface area contributed by atoms with Gasteiger partial charge in [-0.05, 0) is 19.1 Å². The van der Waals surface area contributed by atoms with Gasteiger partial charge in [0.25, 0.3) is 10.0 Å². The standard InChI is InChI=1S/C14H17N3O4S/c1-4-21-14(18)12-10-16(2)15-13(12)22(19,20)17(3)11-8-6-5-7-9-11/h5-10H,4H2,1-3H3. The molecule has 0 saturated heterocycles. The Hall–Kier alpha value is -2.35. The average Bonchev–Trinajstić information content (AvgIpc) is 2.90. The summed E-state index contributed by atoms with van der Waals surface area (Å²) >= 11 is 0. The largest absolute Gasteiger partial charge is 0.462 e. The number of nitrogens with zero attached hydrogens (tertiary/aromatic N) is 3. The second kappa shape index (κ2) is 6.18. The van der Waals surface area contributed by atoms with E-state index in [-0.39, 0.29) is 17.2 Å². The van der Waals surface area contributed by atoms with Crippen LogP contribution in [0.25, 0.3) is 0 Å². The molecule has 0 atom stereocenters. The highest BCUT2D eigenvalue weighted by molar-refractivity contribution is 7.92. The fraction of sp³-hybridized carbons (Fsp3) is 0.286. The Labute approximate surface area is 129 Å². The lowest BCUT2D eigenvalue weighted by Gasteiger charge is -2.18. The number of aromatic nitrogens is 2. The maximum Gasteiger partial charge on any atom is 0.342 e. The van der Waals surface area contributed by atoms with Crippen LogP contribution >= 0.6 is 0 Å². The number of carbonyl (C=O) groups is 1. The van der Waals surface area contributed by atoms with Crippen molar-refractivity contribution in [1.29, 1.82) is 0 Å². The second-order valence-electron chi connectivity index (χ2n) is 4.55. The number of esters is 1. The fourth-order valence-corrected chi connectivity index (χ4v) is 3.22. The van der Waals surface area contributed by atoms with Crippen molar-refractivity contribution in [2.75, 3.05) is 18.0 Å². The summed E-state index contributed by atoms with van der Waals surface area (Å²) in [5.41, 5.74) is 0.398. The monoisotopic (exact) mass is 323 g/mol. The first kappa shape index (κ1) is 16.0. The van der Waals surface area contributed by atoms with Crippen molar-refractivity contribution in [3.63, 3.8) is 0 Å². The van der Waals surface area contributed by atoms with Crippen molar-refractivity contribution in [2.24, 2.45) is 7.05 Å². The highest BCUT2D eigenvalue weighted by Gasteiger charge is 2.31. The first-order valence-electron chi connectivity index (χ1n) is 6.62. The number of aryl methyl sites for hydroxylation is 1. The normalized spacial score (nSPS) is 11.2. The zero-order valence-electron chi connectivity index (χ0n) is 12.6. The minimum atomic E-state index is -3.96. The van der Waals surface area contributed by atoms with E-state index in [0.29, 0.717) is 5.69 Å². The van der Waals surface area contributed by atoms with Crippen molar-refractivity contribution in [2.45, 2.75) is 11.9 Å². The molecule has 0 aliphatic heterocycles. The van der Waals surface area contributed by atoms with Gasteiger partial charge in [0.15, 0.2) is 0 Å². The van der Waals surface area contributed by atoms with E-state index >= 15 is 0 Å². The topological polar surface area (TPSA) is 81.5 Å². The summed E-state index contributed by atoms with van der Waals surface area (Å²) in [6, 6.07) is 8.56. The SMILES string of the molecule is CCOC(=O)c1cn(C)nc1S(=O)(=O)N(C)c1ccccc1. The number of anilines is 1. The molecule has 2 rings (SSSR count). The molecular weight excluding hydrogens is 306 g/mol. The first-order valence-corrected chi connectivity index (χ1v) is 8.06. The molecule has 0 amide bonds. The zero-order chi connectivity index (χ0) is 16.3. The van der Waals surface area contributed by atoms with Crippen LogP contribution in [0.3, 0.4) is 0 Å². The smallest absolute Gasteiger partial charge is 0.342 e. The Morgan fingerprint density at radius 2 is 1.95 bits per heavy atom. The first-order chi connectivity index (χ1) is 10.4. The number of hydrogen-bond donors (Lipinski definition) is 0. The number of carbonyl (C=O) groups excluding carboxylic acids is 1. The predicted octanol–water partition coefficient (Wildman–Crippen LogP) is 1.42. The molecule has 118 valence electrons. The lowest BCUT2D eigenvalue weighted by Crippen LogP contribution is -2.28. The highest BCUT2D eigenvalue weighted by atomic mass is 32.2. The lowest BCUT2D eigenvalue weighted by atomic mass is 10.3. The Morgan fingerprint density at radius 3 is 2.55 bits per heavy atom. The molecular formula is C14H17N3O4S. The molecule has 0 spiro atoms. The highest BCUT2D eigenvalue weighted by Crippen LogP contribution is 2.23. The Kier molecular flexibility index (Phi) is 4.51. The molecule has 1 aromatic carbocycles. The molecule has 0 N–H and O–H groups in total. The van der Waals surface area contributed by atoms with Crippen molar-refractivity contribution in [3.05, 3.63) is 42.1 Å². The van der Waals surface area contributed by atoms with Gasteiger partial charge < -0.3 is 4.74 Å². The summed E-state index contributed by atoms with van der Waals surface area (Å²) < 4.78 is 32.7. The van der Waals surface area contributed by atoms with Crippen LogP contribution in [0.5, 0.6) is 0 Å². The van der Waals surface area contributed by atoms with Gasteiger partial charge in [0.05, 0.1) is 12.3 Å². The van der Waals surface area contributed by atoms with Crippen LogP contribution in [0.2, 0.25) is 0 Å². The van der Waals surface area contributed by atoms with Gasteiger partial charge in [0.2, 0.25) is 5.03 Å². The van der Waals surface area contributed by atoms with Gasteiger partial charge in [0, 0.05) is 20.3 Å². The molecule has 0 radical (unpaired) electrons. The summed E-state index contributed by atoms with van der Waals surface area (Å²) in [7, 11) is -1.01. The molecule has 2 aromatic rings. The summed E-state index contributed by atoms with van der Waals surface area (Å²) in [5.74, 6) is -0.712. The van der Waals surface area contributed by atoms with Crippen LogP contribution < -0.4 is 4.31 Å². The van der Waals surface area contributed by atoms with Crippen molar-refractivity contribution in [1.82, 2.24) is 9.78 Å². The van der Waals surface area contributed by atoms with Crippen molar-refractivity contribution >= 4 is 21.7 Å². The van der Waals surface area contributed by atoms with Gasteiger partial charge in [-0.1, -0.05) is 18.2 Å². The van der Waals surface area contributed by atoms with E-state index < -0.39 is 16.0 Å². The maximum absolute atomic E-state index is 12.7. The van der Waals surface area contributed by atoms with Crippen LogP contribution in [0.1, 0.15) is 17.3 Å². The van der Waals surface area contributed by atoms with Gasteiger partial charge in [-0.2, -0.15) is 13.5 Å². The van der Waals surface area contributed by atoms with Gasteiger partial charge in [0.1, 0.15) is 5.56 Å². The van der Waals surface area contributed by atoms with E-state index in [1.807, 2.05) is 0 Å². The number of sulfonamides is 1. The Balaban J connectivity index is 2.48. The molecule has 7 nitrogen and oxygen atoms in total. The molecule has 0 saturated carbocycles. The molecule has 8 heteroatoms. The molecule has 0 bridgehead atoms. The quantitative estimate of drug-likeness (QED) is 0.777. The van der Waals surface area contributed by atoms with Gasteiger partial charge in [-0.25, -0.2) is 4.79 Å². The third-order valence-corrected chi connectivity index (χ3v) is 4.74. The average molecular weight is 323 g/mol. The summed E-state index contributed by atoms with van der Waals surface area (Å²) in [5, 5.41) is 3.60. The lowest BCUT2D eigenvalue weighted by molar-refractivity contribution is 0.0521. The third kappa shape index (κ3) is 2.96. The van der Waals surface area contributed by atoms with Crippen LogP contribution in [0, 0.1) is 0 Å². The molecule has 0 unspecified atom stereocenters. The van der Waals surface area contributed by atoms with Crippen LogP contribution in [0.4, 0.5) is 5.69 Å². The number of hydrogen-bond acceptors (Lipinski definition) is 5. The van der Waals surface area contributed by atoms with Crippen LogP contribution in [0.15, 0.2) is 41.6 Å². The molecule has 0 aliphatic carbocycles.